The highest BCUT2D eigenvalue weighted by atomic mass is 19.1. The molecule has 16 heavy (non-hydrogen) atoms. The van der Waals surface area contributed by atoms with Crippen LogP contribution in [-0.2, 0) is 6.67 Å². The summed E-state index contributed by atoms with van der Waals surface area (Å²) in [6.45, 7) is 1.07. The summed E-state index contributed by atoms with van der Waals surface area (Å²) in [6, 6.07) is 4.27. The van der Waals surface area contributed by atoms with Crippen molar-refractivity contribution < 1.29 is 8.78 Å². The van der Waals surface area contributed by atoms with E-state index in [1.54, 1.807) is 18.5 Å². The molecular weight excluding hydrogens is 210 g/mol. The van der Waals surface area contributed by atoms with Gasteiger partial charge in [0.05, 0.1) is 0 Å². The largest absolute Gasteiger partial charge is 0.246 e. The standard InChI is InChI=1S/C12H10F2N2/c1-8-6-15-12(16-7-8)9-2-3-10(5-13)11(14)4-9/h2-4,6-7H,5H2,1H3. The number of rotatable bonds is 2. The number of halogens is 2. The first kappa shape index (κ1) is 10.7. The van der Waals surface area contributed by atoms with Crippen LogP contribution in [0.4, 0.5) is 8.78 Å². The first-order chi connectivity index (χ1) is 7.70. The van der Waals surface area contributed by atoms with Gasteiger partial charge in [-0.1, -0.05) is 12.1 Å². The number of alkyl halides is 1. The molecule has 0 amide bonds. The minimum atomic E-state index is -0.805. The second kappa shape index (κ2) is 4.35. The van der Waals surface area contributed by atoms with Gasteiger partial charge < -0.3 is 0 Å². The fourth-order valence-electron chi connectivity index (χ4n) is 1.34. The van der Waals surface area contributed by atoms with Crippen molar-refractivity contribution in [2.24, 2.45) is 0 Å². The Bertz CT molecular complexity index is 495. The molecule has 2 rings (SSSR count). The van der Waals surface area contributed by atoms with Gasteiger partial charge in [-0.25, -0.2) is 18.7 Å². The van der Waals surface area contributed by atoms with E-state index < -0.39 is 12.5 Å². The summed E-state index contributed by atoms with van der Waals surface area (Å²) in [5.41, 5.74) is 1.54. The van der Waals surface area contributed by atoms with Crippen molar-refractivity contribution in [3.05, 3.63) is 47.5 Å². The van der Waals surface area contributed by atoms with Crippen LogP contribution >= 0.6 is 0 Å². The number of aromatic nitrogens is 2. The van der Waals surface area contributed by atoms with Crippen molar-refractivity contribution in [2.75, 3.05) is 0 Å². The molecule has 0 N–H and O–H groups in total. The number of nitrogens with zero attached hydrogens (tertiary/aromatic N) is 2. The summed E-state index contributed by atoms with van der Waals surface area (Å²) in [5, 5.41) is 0. The van der Waals surface area contributed by atoms with E-state index in [-0.39, 0.29) is 5.56 Å². The third-order valence-corrected chi connectivity index (χ3v) is 2.24. The lowest BCUT2D eigenvalue weighted by Crippen LogP contribution is -1.92. The van der Waals surface area contributed by atoms with E-state index in [0.717, 1.165) is 5.56 Å². The normalized spacial score (nSPS) is 10.4. The molecule has 0 bridgehead atoms. The Hall–Kier alpha value is -1.84. The summed E-state index contributed by atoms with van der Waals surface area (Å²) >= 11 is 0. The second-order valence-corrected chi connectivity index (χ2v) is 3.52. The summed E-state index contributed by atoms with van der Waals surface area (Å²) in [4.78, 5) is 8.15. The predicted octanol–water partition coefficient (Wildman–Crippen LogP) is 3.06. The molecule has 0 aliphatic rings. The molecule has 0 saturated carbocycles. The fourth-order valence-corrected chi connectivity index (χ4v) is 1.34. The highest BCUT2D eigenvalue weighted by Crippen LogP contribution is 2.18. The van der Waals surface area contributed by atoms with Crippen LogP contribution in [0.2, 0.25) is 0 Å². The van der Waals surface area contributed by atoms with Crippen molar-refractivity contribution in [2.45, 2.75) is 13.6 Å². The Morgan fingerprint density at radius 2 is 1.88 bits per heavy atom. The van der Waals surface area contributed by atoms with Gasteiger partial charge in [0, 0.05) is 23.5 Å². The van der Waals surface area contributed by atoms with E-state index in [0.29, 0.717) is 11.4 Å². The van der Waals surface area contributed by atoms with Crippen LogP contribution in [0, 0.1) is 12.7 Å². The topological polar surface area (TPSA) is 25.8 Å². The molecule has 0 fully saturated rings. The Kier molecular flexibility index (Phi) is 2.90. The van der Waals surface area contributed by atoms with E-state index in [1.165, 1.54) is 12.1 Å². The Balaban J connectivity index is 2.41. The molecule has 0 radical (unpaired) electrons. The van der Waals surface area contributed by atoms with E-state index in [1.807, 2.05) is 6.92 Å². The lowest BCUT2D eigenvalue weighted by Gasteiger charge is -2.02. The van der Waals surface area contributed by atoms with Crippen LogP contribution in [0.15, 0.2) is 30.6 Å². The quantitative estimate of drug-likeness (QED) is 0.777. The Morgan fingerprint density at radius 1 is 1.19 bits per heavy atom. The van der Waals surface area contributed by atoms with Crippen LogP contribution in [0.1, 0.15) is 11.1 Å². The number of hydrogen-bond acceptors (Lipinski definition) is 2. The Morgan fingerprint density at radius 3 is 2.44 bits per heavy atom. The SMILES string of the molecule is Cc1cnc(-c2ccc(CF)c(F)c2)nc1. The summed E-state index contributed by atoms with van der Waals surface area (Å²) in [6.07, 6.45) is 3.31. The second-order valence-electron chi connectivity index (χ2n) is 3.52. The molecular formula is C12H10F2N2. The Labute approximate surface area is 92.0 Å². The molecule has 2 nitrogen and oxygen atoms in total. The number of aryl methyl sites for hydroxylation is 1. The van der Waals surface area contributed by atoms with Gasteiger partial charge in [0.15, 0.2) is 5.82 Å². The van der Waals surface area contributed by atoms with E-state index in [4.69, 9.17) is 0 Å². The molecule has 0 spiro atoms. The van der Waals surface area contributed by atoms with Gasteiger partial charge >= 0.3 is 0 Å². The smallest absolute Gasteiger partial charge is 0.159 e. The highest BCUT2D eigenvalue weighted by molar-refractivity contribution is 5.55. The number of hydrogen-bond donors (Lipinski definition) is 0. The van der Waals surface area contributed by atoms with Gasteiger partial charge in [-0.3, -0.25) is 0 Å². The molecule has 0 atom stereocenters. The minimum Gasteiger partial charge on any atom is -0.246 e. The van der Waals surface area contributed by atoms with E-state index in [9.17, 15) is 8.78 Å². The average Bonchev–Trinajstić information content (AvgIpc) is 2.30. The number of benzene rings is 1. The third kappa shape index (κ3) is 2.05. The van der Waals surface area contributed by atoms with Gasteiger partial charge in [0.2, 0.25) is 0 Å². The van der Waals surface area contributed by atoms with Crippen molar-refractivity contribution in [3.63, 3.8) is 0 Å². The van der Waals surface area contributed by atoms with Crippen LogP contribution in [0.5, 0.6) is 0 Å². The lowest BCUT2D eigenvalue weighted by molar-refractivity contribution is 0.464. The van der Waals surface area contributed by atoms with Crippen LogP contribution < -0.4 is 0 Å². The summed E-state index contributed by atoms with van der Waals surface area (Å²) in [5.74, 6) is -0.126. The first-order valence-corrected chi connectivity index (χ1v) is 4.84. The van der Waals surface area contributed by atoms with Crippen molar-refractivity contribution >= 4 is 0 Å². The predicted molar refractivity (Wildman–Crippen MR) is 57.0 cm³/mol. The van der Waals surface area contributed by atoms with Crippen molar-refractivity contribution in [1.29, 1.82) is 0 Å². The maximum atomic E-state index is 13.3. The minimum absolute atomic E-state index is 0.0517. The first-order valence-electron chi connectivity index (χ1n) is 4.84. The van der Waals surface area contributed by atoms with Crippen LogP contribution in [0.25, 0.3) is 11.4 Å². The zero-order chi connectivity index (χ0) is 11.5. The molecule has 82 valence electrons. The zero-order valence-electron chi connectivity index (χ0n) is 8.74. The van der Waals surface area contributed by atoms with E-state index in [2.05, 4.69) is 9.97 Å². The maximum absolute atomic E-state index is 13.3. The molecule has 0 aliphatic carbocycles. The molecule has 1 heterocycles. The van der Waals surface area contributed by atoms with Crippen molar-refractivity contribution in [1.82, 2.24) is 9.97 Å². The molecule has 1 aromatic carbocycles. The van der Waals surface area contributed by atoms with Crippen LogP contribution in [0.3, 0.4) is 0 Å². The van der Waals surface area contributed by atoms with Gasteiger partial charge in [-0.2, -0.15) is 0 Å². The van der Waals surface area contributed by atoms with Gasteiger partial charge in [0.25, 0.3) is 0 Å². The van der Waals surface area contributed by atoms with Gasteiger partial charge in [0.1, 0.15) is 12.5 Å². The highest BCUT2D eigenvalue weighted by Gasteiger charge is 2.06. The summed E-state index contributed by atoms with van der Waals surface area (Å²) in [7, 11) is 0. The van der Waals surface area contributed by atoms with E-state index >= 15 is 0 Å². The molecule has 1 aromatic heterocycles. The van der Waals surface area contributed by atoms with Gasteiger partial charge in [-0.15, -0.1) is 0 Å². The monoisotopic (exact) mass is 220 g/mol. The fraction of sp³-hybridized carbons (Fsp3) is 0.167. The lowest BCUT2D eigenvalue weighted by atomic mass is 10.1. The molecule has 0 unspecified atom stereocenters. The molecule has 2 aromatic rings. The van der Waals surface area contributed by atoms with Gasteiger partial charge in [-0.05, 0) is 18.6 Å². The molecule has 0 saturated heterocycles. The zero-order valence-corrected chi connectivity index (χ0v) is 8.74. The van der Waals surface area contributed by atoms with Crippen LogP contribution in [-0.4, -0.2) is 9.97 Å². The molecule has 0 aliphatic heterocycles. The third-order valence-electron chi connectivity index (χ3n) is 2.24. The van der Waals surface area contributed by atoms with Crippen molar-refractivity contribution in [3.8, 4) is 11.4 Å². The maximum Gasteiger partial charge on any atom is 0.159 e. The average molecular weight is 220 g/mol. The summed E-state index contributed by atoms with van der Waals surface area (Å²) < 4.78 is 25.6. The molecule has 4 heteroatoms.